The topological polar surface area (TPSA) is 66.9 Å². The number of anilines is 2. The Hall–Kier alpha value is -3.28. The summed E-state index contributed by atoms with van der Waals surface area (Å²) in [5, 5.41) is 13.7. The Balaban J connectivity index is 1.62. The number of aryl methyl sites for hydroxylation is 2. The lowest BCUT2D eigenvalue weighted by Crippen LogP contribution is -2.24. The van der Waals surface area contributed by atoms with Crippen molar-refractivity contribution >= 4 is 17.4 Å². The van der Waals surface area contributed by atoms with Crippen LogP contribution in [0.4, 0.5) is 15.9 Å². The van der Waals surface area contributed by atoms with Gasteiger partial charge in [-0.1, -0.05) is 24.3 Å². The third-order valence-electron chi connectivity index (χ3n) is 4.07. The van der Waals surface area contributed by atoms with Crippen LogP contribution in [-0.2, 0) is 6.54 Å². The SMILES string of the molecule is Cc1ccc(Nc2ccc(C(=O)NCc3ccccc3F)nn2)cc1C. The van der Waals surface area contributed by atoms with Gasteiger partial charge in [0, 0.05) is 17.8 Å². The third-order valence-corrected chi connectivity index (χ3v) is 4.07. The largest absolute Gasteiger partial charge is 0.346 e. The van der Waals surface area contributed by atoms with E-state index in [2.05, 4.69) is 20.8 Å². The molecular weight excluding hydrogens is 331 g/mol. The summed E-state index contributed by atoms with van der Waals surface area (Å²) in [5.74, 6) is -0.218. The Morgan fingerprint density at radius 1 is 1.00 bits per heavy atom. The maximum Gasteiger partial charge on any atom is 0.272 e. The first-order valence-corrected chi connectivity index (χ1v) is 8.22. The molecule has 3 rings (SSSR count). The van der Waals surface area contributed by atoms with Crippen LogP contribution >= 0.6 is 0 Å². The molecule has 0 spiro atoms. The van der Waals surface area contributed by atoms with Gasteiger partial charge in [-0.3, -0.25) is 4.79 Å². The molecule has 0 aliphatic rings. The van der Waals surface area contributed by atoms with Crippen LogP contribution in [-0.4, -0.2) is 16.1 Å². The number of benzene rings is 2. The van der Waals surface area contributed by atoms with Crippen LogP contribution in [0.15, 0.2) is 54.6 Å². The fourth-order valence-electron chi connectivity index (χ4n) is 2.39. The van der Waals surface area contributed by atoms with E-state index in [9.17, 15) is 9.18 Å². The molecule has 0 fully saturated rings. The van der Waals surface area contributed by atoms with Gasteiger partial charge in [-0.15, -0.1) is 10.2 Å². The Labute approximate surface area is 151 Å². The number of halogens is 1. The number of carbonyl (C=O) groups excluding carboxylic acids is 1. The van der Waals surface area contributed by atoms with E-state index >= 15 is 0 Å². The molecule has 0 atom stereocenters. The molecule has 6 heteroatoms. The molecule has 2 aromatic carbocycles. The third kappa shape index (κ3) is 4.22. The van der Waals surface area contributed by atoms with Crippen molar-refractivity contribution in [3.05, 3.63) is 82.8 Å². The second-order valence-corrected chi connectivity index (χ2v) is 6.00. The standard InChI is InChI=1S/C20H19FN4O/c1-13-7-8-16(11-14(13)2)23-19-10-9-18(24-25-19)20(26)22-12-15-5-3-4-6-17(15)21/h3-11H,12H2,1-2H3,(H,22,26)(H,23,25). The molecule has 1 heterocycles. The Kier molecular flexibility index (Phi) is 5.22. The first-order chi connectivity index (χ1) is 12.5. The zero-order valence-corrected chi connectivity index (χ0v) is 14.6. The highest BCUT2D eigenvalue weighted by Crippen LogP contribution is 2.18. The Morgan fingerprint density at radius 2 is 1.81 bits per heavy atom. The minimum absolute atomic E-state index is 0.0931. The minimum Gasteiger partial charge on any atom is -0.346 e. The van der Waals surface area contributed by atoms with Crippen molar-refractivity contribution in [2.24, 2.45) is 0 Å². The maximum atomic E-state index is 13.6. The van der Waals surface area contributed by atoms with Crippen LogP contribution in [0.25, 0.3) is 0 Å². The smallest absolute Gasteiger partial charge is 0.272 e. The summed E-state index contributed by atoms with van der Waals surface area (Å²) in [4.78, 5) is 12.1. The molecular formula is C20H19FN4O. The van der Waals surface area contributed by atoms with Crippen molar-refractivity contribution in [1.82, 2.24) is 15.5 Å². The predicted molar refractivity (Wildman–Crippen MR) is 98.8 cm³/mol. The van der Waals surface area contributed by atoms with Gasteiger partial charge in [-0.05, 0) is 55.3 Å². The molecule has 3 aromatic rings. The Bertz CT molecular complexity index is 925. The highest BCUT2D eigenvalue weighted by molar-refractivity contribution is 5.92. The summed E-state index contributed by atoms with van der Waals surface area (Å²) < 4.78 is 13.6. The highest BCUT2D eigenvalue weighted by atomic mass is 19.1. The number of carbonyl (C=O) groups is 1. The van der Waals surface area contributed by atoms with Gasteiger partial charge >= 0.3 is 0 Å². The summed E-state index contributed by atoms with van der Waals surface area (Å²) in [5.41, 5.74) is 3.88. The molecule has 2 N–H and O–H groups in total. The molecule has 0 saturated carbocycles. The summed E-state index contributed by atoms with van der Waals surface area (Å²) in [7, 11) is 0. The molecule has 0 radical (unpaired) electrons. The predicted octanol–water partition coefficient (Wildman–Crippen LogP) is 3.91. The summed E-state index contributed by atoms with van der Waals surface area (Å²) in [6.45, 7) is 4.18. The van der Waals surface area contributed by atoms with E-state index in [4.69, 9.17) is 0 Å². The van der Waals surface area contributed by atoms with Crippen molar-refractivity contribution in [3.63, 3.8) is 0 Å². The van der Waals surface area contributed by atoms with Gasteiger partial charge in [0.1, 0.15) is 5.82 Å². The number of nitrogens with zero attached hydrogens (tertiary/aromatic N) is 2. The Morgan fingerprint density at radius 3 is 2.50 bits per heavy atom. The van der Waals surface area contributed by atoms with Gasteiger partial charge in [0.2, 0.25) is 0 Å². The van der Waals surface area contributed by atoms with E-state index in [1.54, 1.807) is 30.3 Å². The normalized spacial score (nSPS) is 10.4. The van der Waals surface area contributed by atoms with Crippen molar-refractivity contribution < 1.29 is 9.18 Å². The van der Waals surface area contributed by atoms with Gasteiger partial charge in [-0.2, -0.15) is 0 Å². The molecule has 0 saturated heterocycles. The summed E-state index contributed by atoms with van der Waals surface area (Å²) in [6, 6.07) is 15.6. The van der Waals surface area contributed by atoms with Gasteiger partial charge < -0.3 is 10.6 Å². The zero-order chi connectivity index (χ0) is 18.5. The molecule has 26 heavy (non-hydrogen) atoms. The van der Waals surface area contributed by atoms with Gasteiger partial charge in [-0.25, -0.2) is 4.39 Å². The second-order valence-electron chi connectivity index (χ2n) is 6.00. The summed E-state index contributed by atoms with van der Waals surface area (Å²) in [6.07, 6.45) is 0. The monoisotopic (exact) mass is 350 g/mol. The molecule has 0 unspecified atom stereocenters. The fraction of sp³-hybridized carbons (Fsp3) is 0.150. The maximum absolute atomic E-state index is 13.6. The molecule has 1 amide bonds. The average Bonchev–Trinajstić information content (AvgIpc) is 2.64. The zero-order valence-electron chi connectivity index (χ0n) is 14.6. The number of hydrogen-bond acceptors (Lipinski definition) is 4. The number of rotatable bonds is 5. The van der Waals surface area contributed by atoms with E-state index < -0.39 is 5.91 Å². The molecule has 0 bridgehead atoms. The first kappa shape index (κ1) is 17.5. The highest BCUT2D eigenvalue weighted by Gasteiger charge is 2.09. The number of aromatic nitrogens is 2. The molecule has 132 valence electrons. The molecule has 0 aliphatic heterocycles. The lowest BCUT2D eigenvalue weighted by molar-refractivity contribution is 0.0944. The van der Waals surface area contributed by atoms with Crippen molar-refractivity contribution in [1.29, 1.82) is 0 Å². The van der Waals surface area contributed by atoms with E-state index in [0.29, 0.717) is 11.4 Å². The molecule has 1 aromatic heterocycles. The van der Waals surface area contributed by atoms with Crippen molar-refractivity contribution in [2.75, 3.05) is 5.32 Å². The van der Waals surface area contributed by atoms with Crippen LogP contribution in [0.1, 0.15) is 27.2 Å². The van der Waals surface area contributed by atoms with Crippen LogP contribution < -0.4 is 10.6 Å². The van der Waals surface area contributed by atoms with Gasteiger partial charge in [0.05, 0.1) is 0 Å². The van der Waals surface area contributed by atoms with E-state index in [0.717, 1.165) is 5.69 Å². The minimum atomic E-state index is -0.404. The number of hydrogen-bond donors (Lipinski definition) is 2. The molecule has 5 nitrogen and oxygen atoms in total. The number of nitrogens with one attached hydrogen (secondary N) is 2. The van der Waals surface area contributed by atoms with Gasteiger partial charge in [0.15, 0.2) is 11.5 Å². The summed E-state index contributed by atoms with van der Waals surface area (Å²) >= 11 is 0. The van der Waals surface area contributed by atoms with Crippen molar-refractivity contribution in [2.45, 2.75) is 20.4 Å². The quantitative estimate of drug-likeness (QED) is 0.732. The lowest BCUT2D eigenvalue weighted by Gasteiger charge is -2.08. The van der Waals surface area contributed by atoms with E-state index in [1.165, 1.54) is 17.2 Å². The van der Waals surface area contributed by atoms with E-state index in [-0.39, 0.29) is 18.1 Å². The van der Waals surface area contributed by atoms with Crippen molar-refractivity contribution in [3.8, 4) is 0 Å². The fourth-order valence-corrected chi connectivity index (χ4v) is 2.39. The molecule has 0 aliphatic carbocycles. The first-order valence-electron chi connectivity index (χ1n) is 8.22. The van der Waals surface area contributed by atoms with E-state index in [1.807, 2.05) is 32.0 Å². The van der Waals surface area contributed by atoms with Crippen LogP contribution in [0.2, 0.25) is 0 Å². The number of amides is 1. The van der Waals surface area contributed by atoms with Crippen LogP contribution in [0.5, 0.6) is 0 Å². The van der Waals surface area contributed by atoms with Crippen LogP contribution in [0, 0.1) is 19.7 Å². The lowest BCUT2D eigenvalue weighted by atomic mass is 10.1. The second kappa shape index (κ2) is 7.74. The van der Waals surface area contributed by atoms with Gasteiger partial charge in [0.25, 0.3) is 5.91 Å². The van der Waals surface area contributed by atoms with Crippen LogP contribution in [0.3, 0.4) is 0 Å². The average molecular weight is 350 g/mol.